The van der Waals surface area contributed by atoms with Crippen molar-refractivity contribution >= 4 is 23.5 Å². The van der Waals surface area contributed by atoms with E-state index in [1.165, 1.54) is 18.0 Å². The number of hydrogen-bond donors (Lipinski definition) is 3. The molecule has 7 heteroatoms. The van der Waals surface area contributed by atoms with Crippen LogP contribution in [0.4, 0.5) is 5.82 Å². The summed E-state index contributed by atoms with van der Waals surface area (Å²) in [5.41, 5.74) is 4.85. The van der Waals surface area contributed by atoms with Gasteiger partial charge in [0, 0.05) is 18.1 Å². The van der Waals surface area contributed by atoms with Gasteiger partial charge in [0.2, 0.25) is 0 Å². The van der Waals surface area contributed by atoms with Gasteiger partial charge in [0.05, 0.1) is 11.5 Å². The highest BCUT2D eigenvalue weighted by molar-refractivity contribution is 7.99. The maximum absolute atomic E-state index is 10.9. The van der Waals surface area contributed by atoms with Crippen LogP contribution in [0.15, 0.2) is 17.4 Å². The number of nitrogen functional groups attached to an aromatic ring is 1. The lowest BCUT2D eigenvalue weighted by Crippen LogP contribution is -2.38. The van der Waals surface area contributed by atoms with Crippen molar-refractivity contribution in [2.24, 2.45) is 5.92 Å². The van der Waals surface area contributed by atoms with Crippen LogP contribution < -0.4 is 5.73 Å². The number of hydrogen-bond acceptors (Lipinski definition) is 6. The van der Waals surface area contributed by atoms with Crippen molar-refractivity contribution in [2.75, 3.05) is 11.5 Å². The molecule has 104 valence electrons. The Kier molecular flexibility index (Phi) is 4.26. The van der Waals surface area contributed by atoms with Gasteiger partial charge in [0.1, 0.15) is 5.03 Å². The van der Waals surface area contributed by atoms with E-state index in [9.17, 15) is 9.90 Å². The summed E-state index contributed by atoms with van der Waals surface area (Å²) in [5, 5.41) is 20.0. The molecule has 0 aliphatic heterocycles. The standard InChI is InChI=1S/C12H17N3O3S/c13-9-10(15-6-5-14-9)19-7-12(18)3-1-8(2-4-12)11(16)17/h5-6,8,18H,1-4,7H2,(H2,13,14)(H,16,17). The molecule has 2 rings (SSSR count). The third kappa shape index (κ3) is 3.57. The highest BCUT2D eigenvalue weighted by Crippen LogP contribution is 2.36. The monoisotopic (exact) mass is 283 g/mol. The Hall–Kier alpha value is -1.34. The molecule has 1 aromatic rings. The molecule has 0 aromatic carbocycles. The molecule has 0 atom stereocenters. The van der Waals surface area contributed by atoms with E-state index in [1.54, 1.807) is 6.20 Å². The van der Waals surface area contributed by atoms with Crippen LogP contribution >= 0.6 is 11.8 Å². The molecule has 4 N–H and O–H groups in total. The molecule has 0 unspecified atom stereocenters. The molecule has 1 saturated carbocycles. The summed E-state index contributed by atoms with van der Waals surface area (Å²) in [4.78, 5) is 18.9. The largest absolute Gasteiger partial charge is 0.481 e. The summed E-state index contributed by atoms with van der Waals surface area (Å²) in [7, 11) is 0. The van der Waals surface area contributed by atoms with Gasteiger partial charge in [-0.1, -0.05) is 11.8 Å². The summed E-state index contributed by atoms with van der Waals surface area (Å²) in [6.45, 7) is 0. The van der Waals surface area contributed by atoms with Gasteiger partial charge in [-0.25, -0.2) is 9.97 Å². The quantitative estimate of drug-likeness (QED) is 0.711. The number of carboxylic acids is 1. The maximum atomic E-state index is 10.9. The Morgan fingerprint density at radius 1 is 1.42 bits per heavy atom. The van der Waals surface area contributed by atoms with Crippen LogP contribution in [-0.4, -0.2) is 37.5 Å². The van der Waals surface area contributed by atoms with Crippen LogP contribution in [0.1, 0.15) is 25.7 Å². The van der Waals surface area contributed by atoms with Crippen LogP contribution in [0.3, 0.4) is 0 Å². The molecule has 1 aliphatic rings. The van der Waals surface area contributed by atoms with Crippen LogP contribution in [0.25, 0.3) is 0 Å². The Morgan fingerprint density at radius 2 is 2.05 bits per heavy atom. The number of nitrogens with zero attached hydrogens (tertiary/aromatic N) is 2. The number of aromatic nitrogens is 2. The molecule has 1 aromatic heterocycles. The van der Waals surface area contributed by atoms with Crippen LogP contribution in [0, 0.1) is 5.92 Å². The minimum Gasteiger partial charge on any atom is -0.481 e. The zero-order valence-corrected chi connectivity index (χ0v) is 11.3. The molecule has 1 aliphatic carbocycles. The number of aliphatic carboxylic acids is 1. The van der Waals surface area contributed by atoms with E-state index in [2.05, 4.69) is 9.97 Å². The third-order valence-electron chi connectivity index (χ3n) is 3.43. The topological polar surface area (TPSA) is 109 Å². The molecule has 0 amide bonds. The summed E-state index contributed by atoms with van der Waals surface area (Å²) < 4.78 is 0. The highest BCUT2D eigenvalue weighted by atomic mass is 32.2. The fourth-order valence-corrected chi connectivity index (χ4v) is 3.23. The smallest absolute Gasteiger partial charge is 0.306 e. The zero-order chi connectivity index (χ0) is 13.9. The number of thioether (sulfide) groups is 1. The highest BCUT2D eigenvalue weighted by Gasteiger charge is 2.35. The predicted octanol–water partition coefficient (Wildman–Crippen LogP) is 1.16. The molecule has 0 spiro atoms. The van der Waals surface area contributed by atoms with Gasteiger partial charge in [0.25, 0.3) is 0 Å². The fraction of sp³-hybridized carbons (Fsp3) is 0.583. The first-order chi connectivity index (χ1) is 9.00. The fourth-order valence-electron chi connectivity index (χ4n) is 2.20. The molecule has 0 saturated heterocycles. The van der Waals surface area contributed by atoms with Crippen molar-refractivity contribution in [1.82, 2.24) is 9.97 Å². The summed E-state index contributed by atoms with van der Waals surface area (Å²) in [5.74, 6) is -0.280. The van der Waals surface area contributed by atoms with E-state index in [-0.39, 0.29) is 5.92 Å². The normalized spacial score (nSPS) is 27.1. The number of carbonyl (C=O) groups is 1. The molecule has 0 bridgehead atoms. The third-order valence-corrected chi connectivity index (χ3v) is 4.70. The Labute approximate surface area is 115 Å². The second-order valence-corrected chi connectivity index (χ2v) is 5.84. The summed E-state index contributed by atoms with van der Waals surface area (Å²) in [6.07, 6.45) is 5.11. The van der Waals surface area contributed by atoms with Crippen LogP contribution in [0.2, 0.25) is 0 Å². The van der Waals surface area contributed by atoms with E-state index in [1.807, 2.05) is 0 Å². The van der Waals surface area contributed by atoms with Gasteiger partial charge in [-0.15, -0.1) is 0 Å². The summed E-state index contributed by atoms with van der Waals surface area (Å²) in [6, 6.07) is 0. The van der Waals surface area contributed by atoms with Gasteiger partial charge >= 0.3 is 5.97 Å². The van der Waals surface area contributed by atoms with Crippen molar-refractivity contribution < 1.29 is 15.0 Å². The zero-order valence-electron chi connectivity index (χ0n) is 10.5. The average molecular weight is 283 g/mol. The molecule has 19 heavy (non-hydrogen) atoms. The van der Waals surface area contributed by atoms with Crippen molar-refractivity contribution in [1.29, 1.82) is 0 Å². The lowest BCUT2D eigenvalue weighted by Gasteiger charge is -2.34. The minimum absolute atomic E-state index is 0.327. The Morgan fingerprint density at radius 3 is 2.63 bits per heavy atom. The number of rotatable bonds is 4. The first-order valence-corrected chi connectivity index (χ1v) is 7.13. The first-order valence-electron chi connectivity index (χ1n) is 6.15. The van der Waals surface area contributed by atoms with Crippen LogP contribution in [0.5, 0.6) is 0 Å². The van der Waals surface area contributed by atoms with E-state index in [4.69, 9.17) is 10.8 Å². The van der Waals surface area contributed by atoms with Gasteiger partial charge in [0.15, 0.2) is 5.82 Å². The second-order valence-electron chi connectivity index (χ2n) is 4.87. The molecule has 1 fully saturated rings. The van der Waals surface area contributed by atoms with E-state index >= 15 is 0 Å². The van der Waals surface area contributed by atoms with Crippen molar-refractivity contribution in [3.63, 3.8) is 0 Å². The first kappa shape index (κ1) is 14.1. The Bertz CT molecular complexity index is 461. The SMILES string of the molecule is Nc1nccnc1SCC1(O)CCC(C(=O)O)CC1. The van der Waals surface area contributed by atoms with Gasteiger partial charge in [-0.2, -0.15) is 0 Å². The van der Waals surface area contributed by atoms with Crippen molar-refractivity contribution in [2.45, 2.75) is 36.3 Å². The van der Waals surface area contributed by atoms with Crippen molar-refractivity contribution in [3.05, 3.63) is 12.4 Å². The lowest BCUT2D eigenvalue weighted by atomic mass is 9.80. The second kappa shape index (κ2) is 5.75. The molecular formula is C12H17N3O3S. The number of anilines is 1. The van der Waals surface area contributed by atoms with E-state index < -0.39 is 11.6 Å². The molecule has 6 nitrogen and oxygen atoms in total. The molecule has 1 heterocycles. The Balaban J connectivity index is 1.90. The van der Waals surface area contributed by atoms with E-state index in [0.29, 0.717) is 42.3 Å². The van der Waals surface area contributed by atoms with Gasteiger partial charge in [-0.3, -0.25) is 4.79 Å². The van der Waals surface area contributed by atoms with Gasteiger partial charge in [-0.05, 0) is 25.7 Å². The maximum Gasteiger partial charge on any atom is 0.306 e. The molecule has 0 radical (unpaired) electrons. The lowest BCUT2D eigenvalue weighted by molar-refractivity contribution is -0.144. The summed E-state index contributed by atoms with van der Waals surface area (Å²) >= 11 is 1.37. The number of aliphatic hydroxyl groups is 1. The number of nitrogens with two attached hydrogens (primary N) is 1. The average Bonchev–Trinajstić information content (AvgIpc) is 2.38. The number of carboxylic acid groups (broad SMARTS) is 1. The molecular weight excluding hydrogens is 266 g/mol. The predicted molar refractivity (Wildman–Crippen MR) is 71.7 cm³/mol. The minimum atomic E-state index is -0.833. The van der Waals surface area contributed by atoms with Crippen LogP contribution in [-0.2, 0) is 4.79 Å². The van der Waals surface area contributed by atoms with Gasteiger partial charge < -0.3 is 15.9 Å². The van der Waals surface area contributed by atoms with Crippen molar-refractivity contribution in [3.8, 4) is 0 Å². The van der Waals surface area contributed by atoms with E-state index in [0.717, 1.165) is 0 Å².